The summed E-state index contributed by atoms with van der Waals surface area (Å²) in [6.45, 7) is 8.06. The van der Waals surface area contributed by atoms with Crippen LogP contribution < -0.4 is 20.2 Å². The molecule has 2 aliphatic rings. The molecule has 0 unspecified atom stereocenters. The molecule has 2 saturated heterocycles. The summed E-state index contributed by atoms with van der Waals surface area (Å²) in [5.74, 6) is -0.568. The van der Waals surface area contributed by atoms with Gasteiger partial charge in [-0.05, 0) is 74.4 Å². The SMILES string of the molecule is [2H]O[C@@H](C)[C@H](CC)n1ncn(-c2ccc(N3CCN(c4ccc(OC[C@@H]5CO[C@@](Cn6cncn6)(c6ccc(F)cc6F)C5)cc4)CC3)cc2)c1=O. The van der Waals surface area contributed by atoms with E-state index in [0.717, 1.165) is 55.1 Å². The fourth-order valence-corrected chi connectivity index (χ4v) is 7.23. The number of aliphatic hydroxyl groups excluding tert-OH is 1. The number of hydrogen-bond acceptors (Lipinski definition) is 9. The van der Waals surface area contributed by atoms with Gasteiger partial charge in [0.25, 0.3) is 0 Å². The Bertz CT molecular complexity index is 1980. The second kappa shape index (κ2) is 14.6. The molecular formula is C37H42F2N8O4. The Kier molecular flexibility index (Phi) is 9.50. The number of rotatable bonds is 13. The van der Waals surface area contributed by atoms with E-state index in [9.17, 15) is 13.6 Å². The van der Waals surface area contributed by atoms with Gasteiger partial charge in [-0.3, -0.25) is 0 Å². The molecular weight excluding hydrogens is 658 g/mol. The van der Waals surface area contributed by atoms with Gasteiger partial charge in [-0.15, -0.1) is 0 Å². The van der Waals surface area contributed by atoms with Gasteiger partial charge in [-0.1, -0.05) is 13.0 Å². The maximum atomic E-state index is 15.0. The standard InChI is InChI=1S/C37H42F2N8O4/c1-3-35(26(2)48)47-36(49)46(25-42-47)31-7-5-29(6-8-31)43-14-16-44(17-15-43)30-9-11-32(12-10-30)50-20-27-19-37(51-21-27,22-45-24-40-23-41-45)33-13-4-28(38)18-34(33)39/h4-13,18,23-27,35,48H,3,14-17,19-22H2,1-2H3/t26-,27+,35-,37-/m0/s1/i48D. The predicted molar refractivity (Wildman–Crippen MR) is 187 cm³/mol. The number of aromatic nitrogens is 6. The summed E-state index contributed by atoms with van der Waals surface area (Å²) >= 11 is 0. The Balaban J connectivity index is 0.922. The summed E-state index contributed by atoms with van der Waals surface area (Å²) in [5.41, 5.74) is 1.93. The van der Waals surface area contributed by atoms with Crippen LogP contribution in [-0.2, 0) is 16.9 Å². The third-order valence-corrected chi connectivity index (χ3v) is 9.95. The smallest absolute Gasteiger partial charge is 0.350 e. The fourth-order valence-electron chi connectivity index (χ4n) is 7.23. The lowest BCUT2D eigenvalue weighted by Crippen LogP contribution is -2.46. The number of ether oxygens (including phenoxy) is 2. The Morgan fingerprint density at radius 1 is 0.980 bits per heavy atom. The minimum Gasteiger partial charge on any atom is -0.493 e. The molecule has 268 valence electrons. The van der Waals surface area contributed by atoms with Crippen molar-refractivity contribution in [2.45, 2.75) is 51.0 Å². The van der Waals surface area contributed by atoms with Gasteiger partial charge in [-0.25, -0.2) is 32.5 Å². The summed E-state index contributed by atoms with van der Waals surface area (Å²) in [5, 5.41) is 13.2. The minimum atomic E-state index is -1.02. The lowest BCUT2D eigenvalue weighted by Gasteiger charge is -2.37. The van der Waals surface area contributed by atoms with Crippen LogP contribution in [0, 0.1) is 17.6 Å². The number of anilines is 2. The summed E-state index contributed by atoms with van der Waals surface area (Å²) in [6, 6.07) is 19.2. The maximum Gasteiger partial charge on any atom is 0.350 e. The zero-order chi connectivity index (χ0) is 36.2. The van der Waals surface area contributed by atoms with Crippen molar-refractivity contribution in [3.05, 3.63) is 113 Å². The number of nitrogens with zero attached hydrogens (tertiary/aromatic N) is 8. The highest BCUT2D eigenvalue weighted by molar-refractivity contribution is 5.54. The van der Waals surface area contributed by atoms with E-state index < -0.39 is 23.3 Å². The molecule has 0 amide bonds. The number of hydrogen-bond donors (Lipinski definition) is 1. The summed E-state index contributed by atoms with van der Waals surface area (Å²) < 4.78 is 52.9. The molecule has 12 nitrogen and oxygen atoms in total. The van der Waals surface area contributed by atoms with Crippen LogP contribution in [0.25, 0.3) is 5.69 Å². The van der Waals surface area contributed by atoms with Crippen molar-refractivity contribution in [1.29, 1.82) is 1.43 Å². The Morgan fingerprint density at radius 2 is 1.67 bits per heavy atom. The van der Waals surface area contributed by atoms with Crippen molar-refractivity contribution in [3.8, 4) is 11.4 Å². The maximum absolute atomic E-state index is 15.0. The average molecular weight is 702 g/mol. The van der Waals surface area contributed by atoms with Gasteiger partial charge in [0.05, 0.1) is 37.6 Å². The van der Waals surface area contributed by atoms with Gasteiger partial charge in [-0.2, -0.15) is 10.2 Å². The molecule has 5 aromatic rings. The molecule has 14 heteroatoms. The Morgan fingerprint density at radius 3 is 2.29 bits per heavy atom. The van der Waals surface area contributed by atoms with E-state index in [-0.39, 0.29) is 24.2 Å². The third-order valence-electron chi connectivity index (χ3n) is 9.95. The van der Waals surface area contributed by atoms with Crippen LogP contribution in [0.2, 0.25) is 0 Å². The van der Waals surface area contributed by atoms with Crippen molar-refractivity contribution in [2.75, 3.05) is 49.2 Å². The summed E-state index contributed by atoms with van der Waals surface area (Å²) in [7, 11) is 0. The van der Waals surface area contributed by atoms with Crippen LogP contribution in [0.5, 0.6) is 5.75 Å². The molecule has 0 spiro atoms. The number of piperazine rings is 1. The first-order valence-corrected chi connectivity index (χ1v) is 17.3. The molecule has 3 aromatic carbocycles. The van der Waals surface area contributed by atoms with E-state index in [1.54, 1.807) is 17.9 Å². The average Bonchev–Trinajstić information content (AvgIpc) is 3.93. The van der Waals surface area contributed by atoms with Crippen molar-refractivity contribution in [3.63, 3.8) is 0 Å². The predicted octanol–water partition coefficient (Wildman–Crippen LogP) is 4.57. The van der Waals surface area contributed by atoms with Crippen LogP contribution >= 0.6 is 0 Å². The molecule has 4 heterocycles. The van der Waals surface area contributed by atoms with Crippen LogP contribution in [0.3, 0.4) is 0 Å². The van der Waals surface area contributed by atoms with Crippen molar-refractivity contribution in [1.82, 2.24) is 29.1 Å². The largest absolute Gasteiger partial charge is 0.493 e. The van der Waals surface area contributed by atoms with Gasteiger partial charge >= 0.3 is 5.69 Å². The Hall–Kier alpha value is -5.08. The molecule has 1 N–H and O–H groups in total. The van der Waals surface area contributed by atoms with Gasteiger partial charge in [0, 0.05) is 55.1 Å². The first-order chi connectivity index (χ1) is 25.3. The van der Waals surface area contributed by atoms with Crippen molar-refractivity contribution < 1.29 is 23.4 Å². The fraction of sp³-hybridized carbons (Fsp3) is 0.405. The van der Waals surface area contributed by atoms with Crippen LogP contribution in [0.1, 0.15) is 38.3 Å². The summed E-state index contributed by atoms with van der Waals surface area (Å²) in [4.78, 5) is 21.8. The van der Waals surface area contributed by atoms with E-state index in [4.69, 9.17) is 16.0 Å². The second-order valence-corrected chi connectivity index (χ2v) is 13.3. The van der Waals surface area contributed by atoms with Crippen molar-refractivity contribution in [2.24, 2.45) is 5.92 Å². The first-order valence-electron chi connectivity index (χ1n) is 17.7. The molecule has 2 aromatic heterocycles. The van der Waals surface area contributed by atoms with Gasteiger partial charge in [0.15, 0.2) is 0 Å². The first kappa shape index (κ1) is 33.1. The van der Waals surface area contributed by atoms with Gasteiger partial charge in [0.1, 0.15) is 42.0 Å². The topological polar surface area (TPSA) is 116 Å². The molecule has 7 rings (SSSR count). The number of halogens is 2. The van der Waals surface area contributed by atoms with E-state index in [0.29, 0.717) is 31.6 Å². The lowest BCUT2D eigenvalue weighted by molar-refractivity contribution is -0.0206. The Labute approximate surface area is 296 Å². The molecule has 51 heavy (non-hydrogen) atoms. The van der Waals surface area contributed by atoms with E-state index in [1.807, 2.05) is 43.3 Å². The molecule has 2 aliphatic heterocycles. The van der Waals surface area contributed by atoms with E-state index >= 15 is 0 Å². The highest BCUT2D eigenvalue weighted by Crippen LogP contribution is 2.42. The second-order valence-electron chi connectivity index (χ2n) is 13.3. The monoisotopic (exact) mass is 701 g/mol. The number of benzene rings is 3. The molecule has 0 aliphatic carbocycles. The highest BCUT2D eigenvalue weighted by Gasteiger charge is 2.44. The van der Waals surface area contributed by atoms with Crippen molar-refractivity contribution >= 4 is 11.4 Å². The van der Waals surface area contributed by atoms with Crippen LogP contribution in [0.15, 0.2) is 90.5 Å². The minimum absolute atomic E-state index is 0.0140. The molecule has 0 saturated carbocycles. The van der Waals surface area contributed by atoms with E-state index in [2.05, 4.69) is 37.1 Å². The quantitative estimate of drug-likeness (QED) is 0.189. The van der Waals surface area contributed by atoms with Gasteiger partial charge < -0.3 is 24.4 Å². The van der Waals surface area contributed by atoms with Gasteiger partial charge in [0.2, 0.25) is 1.43 Å². The van der Waals surface area contributed by atoms with Crippen LogP contribution in [0.4, 0.5) is 20.2 Å². The molecule has 2 fully saturated rings. The molecule has 0 bridgehead atoms. The number of aliphatic hydroxyl groups is 1. The van der Waals surface area contributed by atoms with E-state index in [1.165, 1.54) is 34.0 Å². The molecule has 0 radical (unpaired) electrons. The normalized spacial score (nSPS) is 20.7. The highest BCUT2D eigenvalue weighted by atomic mass is 19.1. The van der Waals surface area contributed by atoms with Crippen LogP contribution in [-0.4, -0.2) is 81.1 Å². The summed E-state index contributed by atoms with van der Waals surface area (Å²) in [6.07, 6.45) is 5.12. The zero-order valence-electron chi connectivity index (χ0n) is 29.6. The lowest BCUT2D eigenvalue weighted by atomic mass is 9.87. The zero-order valence-corrected chi connectivity index (χ0v) is 28.6. The third kappa shape index (κ3) is 7.24. The molecule has 4 atom stereocenters.